The summed E-state index contributed by atoms with van der Waals surface area (Å²) >= 11 is 0. The molecule has 92 valence electrons. The number of terminal acetylenes is 1. The number of nitrogens with two attached hydrogens (primary N) is 1. The predicted molar refractivity (Wildman–Crippen MR) is 67.4 cm³/mol. The van der Waals surface area contributed by atoms with Crippen LogP contribution in [0.15, 0.2) is 16.7 Å². The highest BCUT2D eigenvalue weighted by atomic mass is 16.5. The Hall–Kier alpha value is -2.19. The van der Waals surface area contributed by atoms with Crippen molar-refractivity contribution >= 4 is 0 Å². The van der Waals surface area contributed by atoms with Crippen LogP contribution in [0.5, 0.6) is 0 Å². The second kappa shape index (κ2) is 4.98. The van der Waals surface area contributed by atoms with E-state index in [-0.39, 0.29) is 0 Å². The van der Waals surface area contributed by atoms with Crippen LogP contribution in [0.2, 0.25) is 0 Å². The van der Waals surface area contributed by atoms with E-state index >= 15 is 0 Å². The van der Waals surface area contributed by atoms with Gasteiger partial charge in [0.2, 0.25) is 11.7 Å². The molecule has 2 aromatic heterocycles. The number of aromatic nitrogens is 3. The van der Waals surface area contributed by atoms with Crippen LogP contribution in [0.4, 0.5) is 0 Å². The molecule has 2 rings (SSSR count). The van der Waals surface area contributed by atoms with E-state index in [0.29, 0.717) is 18.1 Å². The van der Waals surface area contributed by atoms with Gasteiger partial charge in [-0.05, 0) is 26.0 Å². The summed E-state index contributed by atoms with van der Waals surface area (Å²) in [5.74, 6) is 3.33. The molecule has 0 aromatic carbocycles. The highest BCUT2D eigenvalue weighted by Gasteiger charge is 2.15. The van der Waals surface area contributed by atoms with Gasteiger partial charge in [0.15, 0.2) is 0 Å². The molecule has 2 N–H and O–H groups in total. The lowest BCUT2D eigenvalue weighted by molar-refractivity contribution is 0.357. The van der Waals surface area contributed by atoms with Crippen molar-refractivity contribution in [2.24, 2.45) is 5.73 Å². The second-order valence-electron chi connectivity index (χ2n) is 4.11. The van der Waals surface area contributed by atoms with Gasteiger partial charge in [-0.3, -0.25) is 4.98 Å². The van der Waals surface area contributed by atoms with Gasteiger partial charge in [-0.15, -0.1) is 12.3 Å². The Morgan fingerprint density at radius 2 is 2.00 bits per heavy atom. The molecule has 0 amide bonds. The fraction of sp³-hybridized carbons (Fsp3) is 0.308. The zero-order valence-corrected chi connectivity index (χ0v) is 10.3. The van der Waals surface area contributed by atoms with Crippen molar-refractivity contribution in [3.63, 3.8) is 0 Å². The minimum Gasteiger partial charge on any atom is -0.337 e. The molecule has 0 aliphatic rings. The molecule has 5 heteroatoms. The maximum atomic E-state index is 5.81. The van der Waals surface area contributed by atoms with E-state index < -0.39 is 6.04 Å². The van der Waals surface area contributed by atoms with Crippen LogP contribution in [0, 0.1) is 26.2 Å². The van der Waals surface area contributed by atoms with Gasteiger partial charge in [0.25, 0.3) is 0 Å². The molecule has 0 spiro atoms. The number of aryl methyl sites for hydroxylation is 2. The molecule has 18 heavy (non-hydrogen) atoms. The molecule has 5 nitrogen and oxygen atoms in total. The Morgan fingerprint density at radius 3 is 2.61 bits per heavy atom. The summed E-state index contributed by atoms with van der Waals surface area (Å²) in [4.78, 5) is 8.55. The molecule has 0 saturated carbocycles. The van der Waals surface area contributed by atoms with E-state index in [1.54, 1.807) is 0 Å². The van der Waals surface area contributed by atoms with Gasteiger partial charge in [-0.2, -0.15) is 4.98 Å². The topological polar surface area (TPSA) is 77.8 Å². The first-order chi connectivity index (χ1) is 8.60. The lowest BCUT2D eigenvalue weighted by atomic mass is 10.2. The standard InChI is InChI=1S/C13H14N4O/c1-4-5-11(14)13-16-12(17-18-13)10-6-8(2)15-9(3)7-10/h1,6-7,11H,5,14H2,2-3H3. The molecule has 2 aromatic rings. The molecule has 0 bridgehead atoms. The molecule has 0 radical (unpaired) electrons. The fourth-order valence-electron chi connectivity index (χ4n) is 1.68. The Morgan fingerprint density at radius 1 is 1.33 bits per heavy atom. The highest BCUT2D eigenvalue weighted by Crippen LogP contribution is 2.20. The van der Waals surface area contributed by atoms with Crippen LogP contribution in [0.3, 0.4) is 0 Å². The van der Waals surface area contributed by atoms with Gasteiger partial charge in [-0.25, -0.2) is 0 Å². The molecule has 1 atom stereocenters. The monoisotopic (exact) mass is 242 g/mol. The van der Waals surface area contributed by atoms with Crippen molar-refractivity contribution in [2.45, 2.75) is 26.3 Å². The molecular weight excluding hydrogens is 228 g/mol. The second-order valence-corrected chi connectivity index (χ2v) is 4.11. The summed E-state index contributed by atoms with van der Waals surface area (Å²) in [6, 6.07) is 3.38. The van der Waals surface area contributed by atoms with Gasteiger partial charge in [0.05, 0.1) is 6.04 Å². The third-order valence-corrected chi connectivity index (χ3v) is 2.44. The van der Waals surface area contributed by atoms with Crippen LogP contribution in [-0.4, -0.2) is 15.1 Å². The van der Waals surface area contributed by atoms with Crippen LogP contribution >= 0.6 is 0 Å². The molecule has 0 fully saturated rings. The van der Waals surface area contributed by atoms with Crippen molar-refractivity contribution in [3.05, 3.63) is 29.4 Å². The summed E-state index contributed by atoms with van der Waals surface area (Å²) in [6.07, 6.45) is 5.57. The Bertz CT molecular complexity index is 577. The lowest BCUT2D eigenvalue weighted by Gasteiger charge is -2.00. The predicted octanol–water partition coefficient (Wildman–Crippen LogP) is 1.77. The average molecular weight is 242 g/mol. The molecule has 0 saturated heterocycles. The third-order valence-electron chi connectivity index (χ3n) is 2.44. The number of hydrogen-bond acceptors (Lipinski definition) is 5. The average Bonchev–Trinajstić information content (AvgIpc) is 2.77. The van der Waals surface area contributed by atoms with Gasteiger partial charge >= 0.3 is 0 Å². The van der Waals surface area contributed by atoms with Crippen LogP contribution < -0.4 is 5.73 Å². The summed E-state index contributed by atoms with van der Waals surface area (Å²) in [7, 11) is 0. The Balaban J connectivity index is 2.32. The van der Waals surface area contributed by atoms with Crippen molar-refractivity contribution in [3.8, 4) is 23.7 Å². The number of hydrogen-bond donors (Lipinski definition) is 1. The number of pyridine rings is 1. The first-order valence-corrected chi connectivity index (χ1v) is 5.58. The van der Waals surface area contributed by atoms with Crippen molar-refractivity contribution in [1.82, 2.24) is 15.1 Å². The smallest absolute Gasteiger partial charge is 0.244 e. The van der Waals surface area contributed by atoms with E-state index in [0.717, 1.165) is 17.0 Å². The number of rotatable bonds is 3. The largest absolute Gasteiger partial charge is 0.337 e. The Kier molecular flexibility index (Phi) is 3.40. The number of nitrogens with zero attached hydrogens (tertiary/aromatic N) is 3. The zero-order chi connectivity index (χ0) is 13.1. The maximum Gasteiger partial charge on any atom is 0.244 e. The van der Waals surface area contributed by atoms with E-state index in [1.165, 1.54) is 0 Å². The fourth-order valence-corrected chi connectivity index (χ4v) is 1.68. The molecular formula is C13H14N4O. The first kappa shape index (κ1) is 12.3. The highest BCUT2D eigenvalue weighted by molar-refractivity contribution is 5.55. The van der Waals surface area contributed by atoms with Crippen LogP contribution in [-0.2, 0) is 0 Å². The Labute approximate surface area is 105 Å². The zero-order valence-electron chi connectivity index (χ0n) is 10.3. The van der Waals surface area contributed by atoms with Gasteiger partial charge < -0.3 is 10.3 Å². The molecule has 1 unspecified atom stereocenters. The van der Waals surface area contributed by atoms with Crippen LogP contribution in [0.25, 0.3) is 11.4 Å². The van der Waals surface area contributed by atoms with Gasteiger partial charge in [0, 0.05) is 23.4 Å². The minimum atomic E-state index is -0.416. The van der Waals surface area contributed by atoms with Crippen molar-refractivity contribution in [2.75, 3.05) is 0 Å². The van der Waals surface area contributed by atoms with Crippen molar-refractivity contribution < 1.29 is 4.52 Å². The normalized spacial score (nSPS) is 12.1. The summed E-state index contributed by atoms with van der Waals surface area (Å²) in [5, 5.41) is 3.91. The van der Waals surface area contributed by atoms with E-state index in [1.807, 2.05) is 26.0 Å². The lowest BCUT2D eigenvalue weighted by Crippen LogP contribution is -2.09. The van der Waals surface area contributed by atoms with Crippen molar-refractivity contribution in [1.29, 1.82) is 0 Å². The summed E-state index contributed by atoms with van der Waals surface area (Å²) < 4.78 is 5.11. The maximum absolute atomic E-state index is 5.81. The quantitative estimate of drug-likeness (QED) is 0.830. The van der Waals surface area contributed by atoms with E-state index in [4.69, 9.17) is 16.7 Å². The summed E-state index contributed by atoms with van der Waals surface area (Å²) in [6.45, 7) is 3.84. The third kappa shape index (κ3) is 2.55. The molecule has 2 heterocycles. The summed E-state index contributed by atoms with van der Waals surface area (Å²) in [5.41, 5.74) is 8.48. The van der Waals surface area contributed by atoms with Gasteiger partial charge in [0.1, 0.15) is 0 Å². The first-order valence-electron chi connectivity index (χ1n) is 5.58. The minimum absolute atomic E-state index is 0.357. The van der Waals surface area contributed by atoms with Gasteiger partial charge in [-0.1, -0.05) is 5.16 Å². The molecule has 0 aliphatic heterocycles. The molecule has 0 aliphatic carbocycles. The van der Waals surface area contributed by atoms with Crippen LogP contribution in [0.1, 0.15) is 29.7 Å². The van der Waals surface area contributed by atoms with E-state index in [2.05, 4.69) is 21.0 Å². The SMILES string of the molecule is C#CCC(N)c1nc(-c2cc(C)nc(C)c2)no1. The van der Waals surface area contributed by atoms with E-state index in [9.17, 15) is 0 Å².